The molecule has 19 heavy (non-hydrogen) atoms. The Hall–Kier alpha value is -0.480. The van der Waals surface area contributed by atoms with E-state index in [2.05, 4.69) is 60.2 Å². The van der Waals surface area contributed by atoms with Crippen molar-refractivity contribution in [3.8, 4) is 0 Å². The van der Waals surface area contributed by atoms with Gasteiger partial charge in [-0.25, -0.2) is 0 Å². The normalized spacial score (nSPS) is 23.1. The predicted octanol–water partition coefficient (Wildman–Crippen LogP) is 5.09. The molecule has 0 saturated heterocycles. The molecule has 0 aliphatic carbocycles. The van der Waals surface area contributed by atoms with Crippen molar-refractivity contribution in [1.82, 2.24) is 0 Å². The van der Waals surface area contributed by atoms with Crippen molar-refractivity contribution in [3.63, 3.8) is 0 Å². The Bertz CT molecular complexity index is 487. The van der Waals surface area contributed by atoms with Crippen LogP contribution in [0.25, 0.3) is 0 Å². The number of rotatable bonds is 3. The van der Waals surface area contributed by atoms with Crippen LogP contribution in [0.3, 0.4) is 0 Å². The van der Waals surface area contributed by atoms with E-state index in [1.807, 2.05) is 11.8 Å². The summed E-state index contributed by atoms with van der Waals surface area (Å²) in [5.41, 5.74) is 2.61. The van der Waals surface area contributed by atoms with Gasteiger partial charge in [0.15, 0.2) is 5.17 Å². The number of halogens is 1. The average molecular weight is 341 g/mol. The monoisotopic (exact) mass is 340 g/mol. The fourth-order valence-electron chi connectivity index (χ4n) is 2.11. The van der Waals surface area contributed by atoms with E-state index in [1.165, 1.54) is 17.7 Å². The number of aliphatic imine (C=N–C) groups is 1. The molecule has 104 valence electrons. The van der Waals surface area contributed by atoms with Crippen molar-refractivity contribution in [2.24, 2.45) is 4.99 Å². The molecule has 4 heteroatoms. The first-order chi connectivity index (χ1) is 9.06. The number of aryl methyl sites for hydroxylation is 1. The van der Waals surface area contributed by atoms with Gasteiger partial charge in [0.25, 0.3) is 0 Å². The molecule has 1 N–H and O–H groups in total. The standard InChI is InChI=1S/C15H21BrN2S/c1-4-11-10-12(16)6-7-13(11)17-14-18-15(3,5-2)8-9-19-14/h6-7,10H,4-5,8-9H2,1-3H3,(H,17,18). The molecule has 1 aliphatic rings. The number of benzene rings is 1. The third kappa shape index (κ3) is 3.76. The van der Waals surface area contributed by atoms with Gasteiger partial charge >= 0.3 is 0 Å². The van der Waals surface area contributed by atoms with Crippen molar-refractivity contribution >= 4 is 38.5 Å². The van der Waals surface area contributed by atoms with Gasteiger partial charge in [0.2, 0.25) is 0 Å². The van der Waals surface area contributed by atoms with Crippen molar-refractivity contribution in [2.75, 3.05) is 11.1 Å². The van der Waals surface area contributed by atoms with Crippen LogP contribution in [0.1, 0.15) is 39.2 Å². The summed E-state index contributed by atoms with van der Waals surface area (Å²) in [5.74, 6) is 1.15. The molecule has 0 spiro atoms. The summed E-state index contributed by atoms with van der Waals surface area (Å²) < 4.78 is 1.13. The van der Waals surface area contributed by atoms with Crippen LogP contribution in [0.2, 0.25) is 0 Å². The van der Waals surface area contributed by atoms with Gasteiger partial charge in [0, 0.05) is 15.9 Å². The van der Waals surface area contributed by atoms with Crippen molar-refractivity contribution in [3.05, 3.63) is 28.2 Å². The van der Waals surface area contributed by atoms with E-state index in [4.69, 9.17) is 4.99 Å². The second-order valence-electron chi connectivity index (χ2n) is 5.15. The summed E-state index contributed by atoms with van der Waals surface area (Å²) in [6.07, 6.45) is 3.28. The molecule has 0 amide bonds. The number of hydrogen-bond donors (Lipinski definition) is 1. The fraction of sp³-hybridized carbons (Fsp3) is 0.533. The Kier molecular flexibility index (Phi) is 4.96. The van der Waals surface area contributed by atoms with E-state index in [9.17, 15) is 0 Å². The number of amidine groups is 1. The molecule has 1 heterocycles. The van der Waals surface area contributed by atoms with E-state index < -0.39 is 0 Å². The lowest BCUT2D eigenvalue weighted by molar-refractivity contribution is 0.443. The van der Waals surface area contributed by atoms with E-state index >= 15 is 0 Å². The highest BCUT2D eigenvalue weighted by molar-refractivity contribution is 9.10. The van der Waals surface area contributed by atoms with Gasteiger partial charge in [-0.2, -0.15) is 0 Å². The Balaban J connectivity index is 2.21. The van der Waals surface area contributed by atoms with E-state index in [0.29, 0.717) is 0 Å². The molecule has 1 aromatic carbocycles. The molecule has 2 rings (SSSR count). The molecule has 0 saturated carbocycles. The van der Waals surface area contributed by atoms with Crippen LogP contribution in [-0.4, -0.2) is 16.5 Å². The molecular weight excluding hydrogens is 320 g/mol. The Morgan fingerprint density at radius 3 is 2.89 bits per heavy atom. The van der Waals surface area contributed by atoms with E-state index in [1.54, 1.807) is 0 Å². The third-order valence-corrected chi connectivity index (χ3v) is 5.07. The first-order valence-electron chi connectivity index (χ1n) is 6.84. The molecule has 0 aromatic heterocycles. The fourth-order valence-corrected chi connectivity index (χ4v) is 3.72. The van der Waals surface area contributed by atoms with Crippen LogP contribution in [0.4, 0.5) is 5.69 Å². The summed E-state index contributed by atoms with van der Waals surface area (Å²) in [6, 6.07) is 6.38. The van der Waals surface area contributed by atoms with Gasteiger partial charge in [0.05, 0.1) is 5.54 Å². The average Bonchev–Trinajstić information content (AvgIpc) is 2.41. The van der Waals surface area contributed by atoms with Gasteiger partial charge in [-0.15, -0.1) is 0 Å². The Morgan fingerprint density at radius 2 is 2.21 bits per heavy atom. The van der Waals surface area contributed by atoms with Crippen LogP contribution in [0.5, 0.6) is 0 Å². The predicted molar refractivity (Wildman–Crippen MR) is 90.3 cm³/mol. The highest BCUT2D eigenvalue weighted by atomic mass is 79.9. The summed E-state index contributed by atoms with van der Waals surface area (Å²) in [5, 5.41) is 4.57. The summed E-state index contributed by atoms with van der Waals surface area (Å²) in [4.78, 5) is 4.88. The van der Waals surface area contributed by atoms with Gasteiger partial charge < -0.3 is 5.32 Å². The molecule has 1 aliphatic heterocycles. The molecule has 1 atom stereocenters. The lowest BCUT2D eigenvalue weighted by Crippen LogP contribution is -2.29. The lowest BCUT2D eigenvalue weighted by Gasteiger charge is -2.29. The minimum atomic E-state index is 0.106. The zero-order valence-corrected chi connectivity index (χ0v) is 14.2. The number of nitrogens with zero attached hydrogens (tertiary/aromatic N) is 1. The van der Waals surface area contributed by atoms with Gasteiger partial charge in [0.1, 0.15) is 0 Å². The van der Waals surface area contributed by atoms with Gasteiger partial charge in [-0.3, -0.25) is 4.99 Å². The van der Waals surface area contributed by atoms with Crippen LogP contribution in [0, 0.1) is 0 Å². The number of hydrogen-bond acceptors (Lipinski definition) is 3. The minimum Gasteiger partial charge on any atom is -0.335 e. The van der Waals surface area contributed by atoms with E-state index in [0.717, 1.165) is 28.2 Å². The first-order valence-corrected chi connectivity index (χ1v) is 8.62. The van der Waals surface area contributed by atoms with Crippen LogP contribution in [0.15, 0.2) is 27.7 Å². The largest absolute Gasteiger partial charge is 0.335 e. The third-order valence-electron chi connectivity index (χ3n) is 3.70. The highest BCUT2D eigenvalue weighted by Crippen LogP contribution is 2.31. The van der Waals surface area contributed by atoms with Gasteiger partial charge in [-0.05, 0) is 49.9 Å². The molecular formula is C15H21BrN2S. The molecule has 2 nitrogen and oxygen atoms in total. The molecule has 1 aromatic rings. The Morgan fingerprint density at radius 1 is 1.42 bits per heavy atom. The topological polar surface area (TPSA) is 24.4 Å². The molecule has 0 bridgehead atoms. The summed E-state index contributed by atoms with van der Waals surface area (Å²) in [7, 11) is 0. The van der Waals surface area contributed by atoms with Crippen LogP contribution >= 0.6 is 27.7 Å². The zero-order valence-electron chi connectivity index (χ0n) is 11.8. The van der Waals surface area contributed by atoms with Crippen molar-refractivity contribution in [1.29, 1.82) is 0 Å². The number of thioether (sulfide) groups is 1. The first kappa shape index (κ1) is 14.9. The van der Waals surface area contributed by atoms with E-state index in [-0.39, 0.29) is 5.54 Å². The lowest BCUT2D eigenvalue weighted by atomic mass is 9.97. The Labute approximate surface area is 128 Å². The van der Waals surface area contributed by atoms with Crippen molar-refractivity contribution in [2.45, 2.75) is 45.6 Å². The SMILES string of the molecule is CCc1cc(Br)ccc1NC1=NC(C)(CC)CCS1. The maximum absolute atomic E-state index is 4.88. The maximum atomic E-state index is 4.88. The summed E-state index contributed by atoms with van der Waals surface area (Å²) >= 11 is 5.35. The number of nitrogens with one attached hydrogen (secondary N) is 1. The second kappa shape index (κ2) is 6.31. The molecule has 0 radical (unpaired) electrons. The zero-order chi connectivity index (χ0) is 13.9. The van der Waals surface area contributed by atoms with Gasteiger partial charge in [-0.1, -0.05) is 41.5 Å². The highest BCUT2D eigenvalue weighted by Gasteiger charge is 2.26. The maximum Gasteiger partial charge on any atom is 0.161 e. The minimum absolute atomic E-state index is 0.106. The number of anilines is 1. The quantitative estimate of drug-likeness (QED) is 0.829. The van der Waals surface area contributed by atoms with Crippen LogP contribution in [-0.2, 0) is 6.42 Å². The molecule has 1 unspecified atom stereocenters. The van der Waals surface area contributed by atoms with Crippen LogP contribution < -0.4 is 5.32 Å². The molecule has 0 fully saturated rings. The van der Waals surface area contributed by atoms with Crippen molar-refractivity contribution < 1.29 is 0 Å². The summed E-state index contributed by atoms with van der Waals surface area (Å²) in [6.45, 7) is 6.64. The second-order valence-corrected chi connectivity index (χ2v) is 7.15. The smallest absolute Gasteiger partial charge is 0.161 e.